The van der Waals surface area contributed by atoms with Gasteiger partial charge in [-0.15, -0.1) is 10.2 Å². The van der Waals surface area contributed by atoms with Gasteiger partial charge in [0.05, 0.1) is 6.54 Å². The van der Waals surface area contributed by atoms with Gasteiger partial charge >= 0.3 is 0 Å². The normalized spacial score (nSPS) is 13.5. The van der Waals surface area contributed by atoms with E-state index < -0.39 is 0 Å². The second kappa shape index (κ2) is 7.05. The van der Waals surface area contributed by atoms with Crippen LogP contribution in [0.25, 0.3) is 22.8 Å². The van der Waals surface area contributed by atoms with E-state index in [1.165, 1.54) is 0 Å². The van der Waals surface area contributed by atoms with Gasteiger partial charge in [0, 0.05) is 41.6 Å². The number of fused-ring (bicyclic) bond motifs is 1. The van der Waals surface area contributed by atoms with Gasteiger partial charge in [-0.3, -0.25) is 9.55 Å². The van der Waals surface area contributed by atoms with Gasteiger partial charge < -0.3 is 9.42 Å². The quantitative estimate of drug-likeness (QED) is 0.524. The maximum Gasteiger partial charge on any atom is 0.258 e. The standard InChI is InChI=1S/C19H16ClN7O/c20-15-6-1-4-13(10-15)18-22-16(25-28-18)12-26-8-3-9-27-17(23-24-19(26)27)14-5-2-7-21-11-14/h1-2,4-7,10-11H,3,8-9,12H2. The van der Waals surface area contributed by atoms with E-state index in [9.17, 15) is 0 Å². The lowest BCUT2D eigenvalue weighted by atomic mass is 10.2. The lowest BCUT2D eigenvalue weighted by molar-refractivity contribution is 0.420. The van der Waals surface area contributed by atoms with Crippen molar-refractivity contribution in [3.63, 3.8) is 0 Å². The molecule has 1 aromatic carbocycles. The minimum absolute atomic E-state index is 0.451. The number of hydrogen-bond acceptors (Lipinski definition) is 7. The molecule has 0 fully saturated rings. The summed E-state index contributed by atoms with van der Waals surface area (Å²) < 4.78 is 7.52. The summed E-state index contributed by atoms with van der Waals surface area (Å²) in [6.07, 6.45) is 4.53. The van der Waals surface area contributed by atoms with Gasteiger partial charge in [0.15, 0.2) is 11.6 Å². The Kier molecular flexibility index (Phi) is 4.25. The van der Waals surface area contributed by atoms with Crippen LogP contribution in [0.15, 0.2) is 53.3 Å². The minimum Gasteiger partial charge on any atom is -0.334 e. The SMILES string of the molecule is Clc1cccc(-c2nc(CN3CCCn4c(-c5cccnc5)nnc43)no2)c1. The fourth-order valence-electron chi connectivity index (χ4n) is 3.34. The summed E-state index contributed by atoms with van der Waals surface area (Å²) in [5.74, 6) is 2.67. The number of rotatable bonds is 4. The Morgan fingerprint density at radius 1 is 1.07 bits per heavy atom. The van der Waals surface area contributed by atoms with E-state index in [2.05, 4.69) is 34.8 Å². The molecule has 9 heteroatoms. The van der Waals surface area contributed by atoms with Crippen molar-refractivity contribution in [3.05, 3.63) is 59.6 Å². The van der Waals surface area contributed by atoms with Crippen molar-refractivity contribution >= 4 is 17.5 Å². The van der Waals surface area contributed by atoms with Gasteiger partial charge in [-0.05, 0) is 36.8 Å². The van der Waals surface area contributed by atoms with Gasteiger partial charge in [-0.1, -0.05) is 22.8 Å². The predicted molar refractivity (Wildman–Crippen MR) is 104 cm³/mol. The number of hydrogen-bond donors (Lipinski definition) is 0. The van der Waals surface area contributed by atoms with Crippen molar-refractivity contribution in [3.8, 4) is 22.8 Å². The van der Waals surface area contributed by atoms with Crippen molar-refractivity contribution in [2.45, 2.75) is 19.5 Å². The van der Waals surface area contributed by atoms with Crippen LogP contribution in [0.3, 0.4) is 0 Å². The lowest BCUT2D eigenvalue weighted by Gasteiger charge is -2.27. The van der Waals surface area contributed by atoms with Gasteiger partial charge in [0.25, 0.3) is 5.89 Å². The summed E-state index contributed by atoms with van der Waals surface area (Å²) in [6.45, 7) is 2.21. The molecule has 0 radical (unpaired) electrons. The molecule has 0 unspecified atom stereocenters. The zero-order valence-corrected chi connectivity index (χ0v) is 15.6. The Morgan fingerprint density at radius 3 is 2.86 bits per heavy atom. The Labute approximate surface area is 165 Å². The zero-order valence-electron chi connectivity index (χ0n) is 14.9. The number of anilines is 1. The molecule has 0 spiro atoms. The van der Waals surface area contributed by atoms with Crippen molar-refractivity contribution in [2.75, 3.05) is 11.4 Å². The highest BCUT2D eigenvalue weighted by atomic mass is 35.5. The molecule has 1 aliphatic heterocycles. The van der Waals surface area contributed by atoms with E-state index in [4.69, 9.17) is 16.1 Å². The van der Waals surface area contributed by atoms with E-state index in [-0.39, 0.29) is 0 Å². The van der Waals surface area contributed by atoms with E-state index in [1.807, 2.05) is 30.3 Å². The Balaban J connectivity index is 1.40. The molecule has 0 aliphatic carbocycles. The van der Waals surface area contributed by atoms with E-state index in [0.29, 0.717) is 23.3 Å². The average Bonchev–Trinajstić information content (AvgIpc) is 3.36. The largest absolute Gasteiger partial charge is 0.334 e. The van der Waals surface area contributed by atoms with Crippen molar-refractivity contribution < 1.29 is 4.52 Å². The number of halogens is 1. The zero-order chi connectivity index (χ0) is 18.9. The highest BCUT2D eigenvalue weighted by Crippen LogP contribution is 2.27. The summed E-state index contributed by atoms with van der Waals surface area (Å²) in [7, 11) is 0. The second-order valence-electron chi connectivity index (χ2n) is 6.52. The van der Waals surface area contributed by atoms with E-state index >= 15 is 0 Å². The van der Waals surface area contributed by atoms with Crippen LogP contribution < -0.4 is 4.90 Å². The Hall–Kier alpha value is -3.26. The third-order valence-electron chi connectivity index (χ3n) is 4.62. The fraction of sp³-hybridized carbons (Fsp3) is 0.211. The number of nitrogens with zero attached hydrogens (tertiary/aromatic N) is 7. The van der Waals surface area contributed by atoms with Crippen LogP contribution in [0.1, 0.15) is 12.2 Å². The van der Waals surface area contributed by atoms with Crippen molar-refractivity contribution in [2.24, 2.45) is 0 Å². The molecule has 5 rings (SSSR count). The van der Waals surface area contributed by atoms with Crippen LogP contribution in [-0.2, 0) is 13.1 Å². The minimum atomic E-state index is 0.451. The first kappa shape index (κ1) is 16.9. The molecule has 4 heterocycles. The smallest absolute Gasteiger partial charge is 0.258 e. The van der Waals surface area contributed by atoms with Crippen LogP contribution in [-0.4, -0.2) is 36.4 Å². The van der Waals surface area contributed by atoms with Crippen LogP contribution in [0.2, 0.25) is 5.02 Å². The van der Waals surface area contributed by atoms with Crippen LogP contribution >= 0.6 is 11.6 Å². The summed E-state index contributed by atoms with van der Waals surface area (Å²) >= 11 is 6.05. The van der Waals surface area contributed by atoms with E-state index in [0.717, 1.165) is 42.4 Å². The molecule has 0 atom stereocenters. The molecule has 1 aliphatic rings. The Morgan fingerprint density at radius 2 is 2.00 bits per heavy atom. The van der Waals surface area contributed by atoms with Gasteiger partial charge in [-0.2, -0.15) is 4.98 Å². The summed E-state index contributed by atoms with van der Waals surface area (Å²) in [6, 6.07) is 11.2. The highest BCUT2D eigenvalue weighted by Gasteiger charge is 2.24. The number of aromatic nitrogens is 6. The lowest BCUT2D eigenvalue weighted by Crippen LogP contribution is -2.32. The molecular weight excluding hydrogens is 378 g/mol. The molecule has 0 bridgehead atoms. The van der Waals surface area contributed by atoms with Crippen molar-refractivity contribution in [1.82, 2.24) is 29.9 Å². The molecule has 0 amide bonds. The first-order valence-corrected chi connectivity index (χ1v) is 9.33. The maximum atomic E-state index is 6.05. The molecule has 0 saturated heterocycles. The van der Waals surface area contributed by atoms with Crippen molar-refractivity contribution in [1.29, 1.82) is 0 Å². The summed E-state index contributed by atoms with van der Waals surface area (Å²) in [5.41, 5.74) is 1.75. The molecule has 28 heavy (non-hydrogen) atoms. The molecule has 0 N–H and O–H groups in total. The third kappa shape index (κ3) is 3.11. The van der Waals surface area contributed by atoms with Crippen LogP contribution in [0.4, 0.5) is 5.95 Å². The fourth-order valence-corrected chi connectivity index (χ4v) is 3.53. The van der Waals surface area contributed by atoms with Gasteiger partial charge in [0.1, 0.15) is 0 Å². The highest BCUT2D eigenvalue weighted by molar-refractivity contribution is 6.30. The number of benzene rings is 1. The Bertz CT molecular complexity index is 1110. The second-order valence-corrected chi connectivity index (χ2v) is 6.95. The molecule has 140 valence electrons. The maximum absolute atomic E-state index is 6.05. The first-order valence-electron chi connectivity index (χ1n) is 8.95. The topological polar surface area (TPSA) is 85.8 Å². The molecular formula is C19H16ClN7O. The predicted octanol–water partition coefficient (Wildman–Crippen LogP) is 3.45. The van der Waals surface area contributed by atoms with E-state index in [1.54, 1.807) is 18.5 Å². The average molecular weight is 394 g/mol. The van der Waals surface area contributed by atoms with Gasteiger partial charge in [-0.25, -0.2) is 0 Å². The van der Waals surface area contributed by atoms with Gasteiger partial charge in [0.2, 0.25) is 5.95 Å². The third-order valence-corrected chi connectivity index (χ3v) is 4.85. The summed E-state index contributed by atoms with van der Waals surface area (Å²) in [5, 5.41) is 13.5. The molecule has 3 aromatic heterocycles. The number of pyridine rings is 1. The monoisotopic (exact) mass is 393 g/mol. The first-order chi connectivity index (χ1) is 13.8. The molecule has 8 nitrogen and oxygen atoms in total. The molecule has 0 saturated carbocycles. The van der Waals surface area contributed by atoms with Crippen LogP contribution in [0.5, 0.6) is 0 Å². The van der Waals surface area contributed by atoms with Crippen LogP contribution in [0, 0.1) is 0 Å². The summed E-state index contributed by atoms with van der Waals surface area (Å²) in [4.78, 5) is 10.8. The molecule has 4 aromatic rings.